The van der Waals surface area contributed by atoms with Crippen molar-refractivity contribution >= 4 is 22.4 Å². The number of anilines is 2. The zero-order valence-corrected chi connectivity index (χ0v) is 28.6. The van der Waals surface area contributed by atoms with Crippen LogP contribution in [0.4, 0.5) is 11.4 Å². The third kappa shape index (κ3) is 7.52. The van der Waals surface area contributed by atoms with Gasteiger partial charge in [-0.25, -0.2) is 0 Å². The van der Waals surface area contributed by atoms with Crippen molar-refractivity contribution in [2.24, 2.45) is 0 Å². The van der Waals surface area contributed by atoms with Crippen LogP contribution in [0, 0.1) is 6.67 Å². The Bertz CT molecular complexity index is 1560. The van der Waals surface area contributed by atoms with Gasteiger partial charge in [0.15, 0.2) is 0 Å². The smallest absolute Gasteiger partial charge is 0.479 e. The normalized spacial score (nSPS) is 12.8. The van der Waals surface area contributed by atoms with Crippen LogP contribution in [0.15, 0.2) is 97.5 Å². The molecule has 3 aromatic carbocycles. The fourth-order valence-electron chi connectivity index (χ4n) is 5.76. The molecular weight excluding hydrogens is 602 g/mol. The van der Waals surface area contributed by atoms with E-state index in [-0.39, 0.29) is 17.1 Å². The van der Waals surface area contributed by atoms with E-state index >= 15 is 0 Å². The Hall–Kier alpha value is -3.86. The van der Waals surface area contributed by atoms with Crippen molar-refractivity contribution in [1.82, 2.24) is 15.0 Å². The molecule has 6 heteroatoms. The van der Waals surface area contributed by atoms with Crippen LogP contribution >= 0.6 is 0 Å². The Morgan fingerprint density at radius 3 is 1.47 bits per heavy atom. The predicted octanol–water partition coefficient (Wildman–Crippen LogP) is 10.3. The summed E-state index contributed by atoms with van der Waals surface area (Å²) in [6.45, 7) is 20.5. The van der Waals surface area contributed by atoms with Crippen molar-refractivity contribution in [3.63, 3.8) is 0 Å². The first kappa shape index (κ1) is 34.0. The molecule has 1 radical (unpaired) electrons. The molecule has 5 aromatic rings. The van der Waals surface area contributed by atoms with Gasteiger partial charge in [0.25, 0.3) is 0 Å². The maximum atomic E-state index is 4.41. The fourth-order valence-corrected chi connectivity index (χ4v) is 5.76. The molecular formula is C39H45CuN5. The summed E-state index contributed by atoms with van der Waals surface area (Å²) in [7, 11) is 0. The van der Waals surface area contributed by atoms with Gasteiger partial charge in [0.1, 0.15) is 0 Å². The van der Waals surface area contributed by atoms with E-state index in [0.29, 0.717) is 29.5 Å². The first-order chi connectivity index (χ1) is 21.2. The molecule has 0 amide bonds. The van der Waals surface area contributed by atoms with Crippen molar-refractivity contribution in [2.45, 2.75) is 79.1 Å². The Kier molecular flexibility index (Phi) is 11.3. The minimum atomic E-state index is 0. The Labute approximate surface area is 280 Å². The van der Waals surface area contributed by atoms with E-state index in [2.05, 4.69) is 136 Å². The predicted molar refractivity (Wildman–Crippen MR) is 186 cm³/mol. The van der Waals surface area contributed by atoms with Gasteiger partial charge in [-0.1, -0.05) is 122 Å². The van der Waals surface area contributed by atoms with Crippen molar-refractivity contribution in [1.29, 1.82) is 0 Å². The molecule has 6 rings (SSSR count). The largest absolute Gasteiger partial charge is 2.00 e. The topological polar surface area (TPSA) is 46.4 Å². The third-order valence-electron chi connectivity index (χ3n) is 8.07. The van der Waals surface area contributed by atoms with Gasteiger partial charge in [0.05, 0.1) is 5.69 Å². The summed E-state index contributed by atoms with van der Waals surface area (Å²) in [4.78, 5) is 17.7. The van der Waals surface area contributed by atoms with E-state index < -0.39 is 0 Å². The summed E-state index contributed by atoms with van der Waals surface area (Å²) in [6.07, 6.45) is 6.18. The molecule has 0 N–H and O–H groups in total. The minimum absolute atomic E-state index is 0. The Balaban J connectivity index is 0.000000240. The van der Waals surface area contributed by atoms with Crippen LogP contribution in [0.25, 0.3) is 22.6 Å². The van der Waals surface area contributed by atoms with Gasteiger partial charge in [0.2, 0.25) is 0 Å². The van der Waals surface area contributed by atoms with E-state index in [1.54, 1.807) is 6.20 Å². The fraction of sp³-hybridized carbons (Fsp3) is 0.308. The first-order valence-electron chi connectivity index (χ1n) is 15.8. The van der Waals surface area contributed by atoms with Gasteiger partial charge in [-0.2, -0.15) is 0 Å². The number of fused-ring (bicyclic) bond motifs is 1. The minimum Gasteiger partial charge on any atom is -0.479 e. The zero-order chi connectivity index (χ0) is 31.4. The van der Waals surface area contributed by atoms with E-state index in [1.165, 1.54) is 33.6 Å². The molecule has 0 atom stereocenters. The quantitative estimate of drug-likeness (QED) is 0.130. The van der Waals surface area contributed by atoms with Crippen molar-refractivity contribution in [3.05, 3.63) is 126 Å². The molecule has 0 bridgehead atoms. The molecule has 237 valence electrons. The van der Waals surface area contributed by atoms with Gasteiger partial charge in [-0.05, 0) is 87.3 Å². The van der Waals surface area contributed by atoms with Gasteiger partial charge in [-0.3, -0.25) is 4.98 Å². The van der Waals surface area contributed by atoms with Gasteiger partial charge < -0.3 is 19.8 Å². The summed E-state index contributed by atoms with van der Waals surface area (Å²) in [5.41, 5.74) is 10.9. The number of rotatable bonds is 7. The average molecular weight is 647 g/mol. The number of para-hydroxylation sites is 4. The molecule has 1 aliphatic heterocycles. The number of aromatic nitrogens is 3. The van der Waals surface area contributed by atoms with Gasteiger partial charge >= 0.3 is 17.1 Å². The number of benzene rings is 3. The molecule has 45 heavy (non-hydrogen) atoms. The molecule has 3 heterocycles. The van der Waals surface area contributed by atoms with Crippen LogP contribution in [0.1, 0.15) is 101 Å². The Morgan fingerprint density at radius 1 is 0.578 bits per heavy atom. The molecule has 0 unspecified atom stereocenters. The van der Waals surface area contributed by atoms with Crippen LogP contribution in [0.3, 0.4) is 0 Å². The molecule has 1 aliphatic rings. The molecule has 5 nitrogen and oxygen atoms in total. The number of imidazole rings is 1. The summed E-state index contributed by atoms with van der Waals surface area (Å²) in [5.74, 6) is 2.61. The molecule has 0 spiro atoms. The van der Waals surface area contributed by atoms with Gasteiger partial charge in [0, 0.05) is 17.6 Å². The number of hydrogen-bond donors (Lipinski definition) is 0. The SMILES string of the molecule is CC(C)c1cccc(C(C)C)c1N1C=CN(c2c(C(C)C)cccc2C(C)C)[CH-]1.[Cu+2].c1ccc(-c2nc3ccccc3[n-]2)nc1. The van der Waals surface area contributed by atoms with Crippen molar-refractivity contribution < 1.29 is 17.1 Å². The summed E-state index contributed by atoms with van der Waals surface area (Å²) in [5, 5.41) is 0. The van der Waals surface area contributed by atoms with Crippen LogP contribution in [0.2, 0.25) is 0 Å². The van der Waals surface area contributed by atoms with Crippen molar-refractivity contribution in [3.8, 4) is 11.5 Å². The average Bonchev–Trinajstić information content (AvgIpc) is 3.69. The first-order valence-corrected chi connectivity index (χ1v) is 15.8. The second-order valence-corrected chi connectivity index (χ2v) is 12.7. The summed E-state index contributed by atoms with van der Waals surface area (Å²) >= 11 is 0. The molecule has 0 fully saturated rings. The maximum absolute atomic E-state index is 4.41. The molecule has 0 saturated carbocycles. The number of pyridine rings is 1. The van der Waals surface area contributed by atoms with E-state index in [1.807, 2.05) is 42.5 Å². The van der Waals surface area contributed by atoms with Crippen LogP contribution in [0.5, 0.6) is 0 Å². The number of nitrogens with zero attached hydrogens (tertiary/aromatic N) is 5. The Morgan fingerprint density at radius 2 is 1.04 bits per heavy atom. The molecule has 0 aliphatic carbocycles. The maximum Gasteiger partial charge on any atom is 2.00 e. The van der Waals surface area contributed by atoms with Crippen LogP contribution in [-0.4, -0.2) is 9.97 Å². The number of hydrogen-bond acceptors (Lipinski definition) is 4. The van der Waals surface area contributed by atoms with E-state index in [4.69, 9.17) is 0 Å². The summed E-state index contributed by atoms with van der Waals surface area (Å²) in [6, 6.07) is 27.1. The zero-order valence-electron chi connectivity index (χ0n) is 27.7. The van der Waals surface area contributed by atoms with Crippen LogP contribution < -0.4 is 14.8 Å². The second-order valence-electron chi connectivity index (χ2n) is 12.7. The summed E-state index contributed by atoms with van der Waals surface area (Å²) < 4.78 is 0. The second kappa shape index (κ2) is 14.9. The van der Waals surface area contributed by atoms with Crippen molar-refractivity contribution in [2.75, 3.05) is 9.80 Å². The van der Waals surface area contributed by atoms with E-state index in [0.717, 1.165) is 16.7 Å². The van der Waals surface area contributed by atoms with Gasteiger partial charge in [-0.15, -0.1) is 6.67 Å². The van der Waals surface area contributed by atoms with Crippen LogP contribution in [-0.2, 0) is 17.1 Å². The molecule has 0 saturated heterocycles. The third-order valence-corrected chi connectivity index (χ3v) is 8.07. The molecule has 2 aromatic heterocycles. The monoisotopic (exact) mass is 646 g/mol. The standard InChI is InChI=1S/C27H37N2.C12H8N3.Cu/c1-18(2)22-11-9-12-23(19(3)4)26(22)28-15-16-29(17-28)27-24(20(5)6)13-10-14-25(27)21(7)8;1-2-6-10-9(5-1)14-12(15-10)11-7-3-4-8-13-11;/h9-21H,1-8H3;1-8H;/q2*-1;+2. The van der Waals surface area contributed by atoms with E-state index in [9.17, 15) is 0 Å².